The molecule has 1 unspecified atom stereocenters. The maximum absolute atomic E-state index is 14.1. The van der Waals surface area contributed by atoms with Crippen LogP contribution >= 0.6 is 15.9 Å². The van der Waals surface area contributed by atoms with Gasteiger partial charge in [0.1, 0.15) is 5.75 Å². The zero-order valence-corrected chi connectivity index (χ0v) is 12.2. The van der Waals surface area contributed by atoms with Crippen molar-refractivity contribution >= 4 is 21.6 Å². The van der Waals surface area contributed by atoms with E-state index in [1.807, 2.05) is 0 Å². The monoisotopic (exact) mass is 401 g/mol. The number of alkyl halides is 9. The topological polar surface area (TPSA) is 21.3 Å². The van der Waals surface area contributed by atoms with Crippen LogP contribution in [-0.4, -0.2) is 24.7 Å². The third-order valence-electron chi connectivity index (χ3n) is 2.65. The highest BCUT2D eigenvalue weighted by Gasteiger charge is 2.71. The van der Waals surface area contributed by atoms with Crippen molar-refractivity contribution < 1.29 is 39.9 Å². The van der Waals surface area contributed by atoms with Crippen molar-refractivity contribution in [3.05, 3.63) is 23.8 Å². The minimum Gasteiger partial charge on any atom is -0.433 e. The fraction of sp³-hybridized carbons (Fsp3) is 0.455. The molecule has 1 atom stereocenters. The number of rotatable bonds is 5. The molecule has 2 nitrogen and oxygen atoms in total. The lowest BCUT2D eigenvalue weighted by Crippen LogP contribution is -2.49. The van der Waals surface area contributed by atoms with Crippen LogP contribution in [-0.2, 0) is 5.67 Å². The van der Waals surface area contributed by atoms with Crippen molar-refractivity contribution in [3.8, 4) is 5.75 Å². The summed E-state index contributed by atoms with van der Waals surface area (Å²) in [4.78, 5) is -5.03. The van der Waals surface area contributed by atoms with Crippen molar-refractivity contribution in [3.63, 3.8) is 0 Å². The molecule has 0 bridgehead atoms. The molecule has 126 valence electrons. The number of hydrogen-bond acceptors (Lipinski definition) is 2. The third kappa shape index (κ3) is 3.39. The molecule has 1 aromatic carbocycles. The molecule has 0 aromatic heterocycles. The zero-order chi connectivity index (χ0) is 17.3. The molecule has 1 aromatic rings. The summed E-state index contributed by atoms with van der Waals surface area (Å²) in [6, 6.07) is 1.25. The van der Waals surface area contributed by atoms with Gasteiger partial charge in [0.2, 0.25) is 0 Å². The molecule has 0 aliphatic heterocycles. The van der Waals surface area contributed by atoms with Gasteiger partial charge in [0, 0.05) is 12.6 Å². The van der Waals surface area contributed by atoms with E-state index in [1.165, 1.54) is 23.0 Å². The lowest BCUT2D eigenvalue weighted by Gasteiger charge is -2.32. The minimum atomic E-state index is -6.01. The van der Waals surface area contributed by atoms with Gasteiger partial charge in [-0.05, 0) is 28.1 Å². The molecule has 0 spiro atoms. The highest BCUT2D eigenvalue weighted by atomic mass is 79.9. The SMILES string of the molecule is CNc1ccc(C(F)(C(F)(F)F)C(F)(F)Br)cc1OC(F)F. The molecule has 0 fully saturated rings. The van der Waals surface area contributed by atoms with E-state index in [-0.39, 0.29) is 11.8 Å². The van der Waals surface area contributed by atoms with Crippen molar-refractivity contribution in [2.75, 3.05) is 12.4 Å². The Morgan fingerprint density at radius 2 is 1.64 bits per heavy atom. The Hall–Kier alpha value is -1.26. The predicted molar refractivity (Wildman–Crippen MR) is 65.3 cm³/mol. The highest BCUT2D eigenvalue weighted by molar-refractivity contribution is 9.10. The van der Waals surface area contributed by atoms with Gasteiger partial charge in [0.05, 0.1) is 5.69 Å². The molecular weight excluding hydrogens is 394 g/mol. The van der Waals surface area contributed by atoms with Crippen molar-refractivity contribution in [1.29, 1.82) is 0 Å². The van der Waals surface area contributed by atoms with Gasteiger partial charge >= 0.3 is 23.3 Å². The minimum absolute atomic E-state index is 0.140. The Labute approximate surface area is 127 Å². The highest BCUT2D eigenvalue weighted by Crippen LogP contribution is 2.55. The van der Waals surface area contributed by atoms with Crippen molar-refractivity contribution in [1.82, 2.24) is 0 Å². The average Bonchev–Trinajstić information content (AvgIpc) is 2.34. The van der Waals surface area contributed by atoms with Crippen LogP contribution in [0, 0.1) is 0 Å². The molecule has 11 heteroatoms. The van der Waals surface area contributed by atoms with Crippen LogP contribution < -0.4 is 10.1 Å². The second kappa shape index (κ2) is 6.09. The van der Waals surface area contributed by atoms with E-state index in [9.17, 15) is 35.1 Å². The maximum atomic E-state index is 14.1. The fourth-order valence-electron chi connectivity index (χ4n) is 1.62. The van der Waals surface area contributed by atoms with E-state index in [0.717, 1.165) is 0 Å². The summed E-state index contributed by atoms with van der Waals surface area (Å²) < 4.78 is 107. The number of ether oxygens (including phenoxy) is 1. The molecule has 0 amide bonds. The predicted octanol–water partition coefficient (Wildman–Crippen LogP) is 5.04. The van der Waals surface area contributed by atoms with E-state index in [2.05, 4.69) is 10.1 Å². The largest absolute Gasteiger partial charge is 0.433 e. The summed E-state index contributed by atoms with van der Waals surface area (Å²) in [5, 5.41) is 2.30. The smallest absolute Gasteiger partial charge is 0.433 e. The lowest BCUT2D eigenvalue weighted by atomic mass is 9.94. The fourth-order valence-corrected chi connectivity index (χ4v) is 2.08. The molecular formula is C11H8BrF8NO. The first-order chi connectivity index (χ1) is 9.84. The first-order valence-corrected chi connectivity index (χ1v) is 6.23. The second-order valence-electron chi connectivity index (χ2n) is 3.99. The molecule has 0 saturated heterocycles. The average molecular weight is 402 g/mol. The van der Waals surface area contributed by atoms with Gasteiger partial charge in [-0.1, -0.05) is 6.07 Å². The quantitative estimate of drug-likeness (QED) is 0.550. The van der Waals surface area contributed by atoms with Crippen LogP contribution in [0.4, 0.5) is 40.8 Å². The van der Waals surface area contributed by atoms with Gasteiger partial charge < -0.3 is 10.1 Å². The van der Waals surface area contributed by atoms with Crippen molar-refractivity contribution in [2.45, 2.75) is 23.3 Å². The van der Waals surface area contributed by atoms with Gasteiger partial charge in [0.15, 0.2) is 0 Å². The number of anilines is 1. The Kier molecular flexibility index (Phi) is 5.20. The first-order valence-electron chi connectivity index (χ1n) is 5.44. The van der Waals surface area contributed by atoms with Crippen LogP contribution in [0.25, 0.3) is 0 Å². The molecule has 22 heavy (non-hydrogen) atoms. The van der Waals surface area contributed by atoms with Crippen molar-refractivity contribution in [2.24, 2.45) is 0 Å². The molecule has 0 radical (unpaired) electrons. The molecule has 0 aliphatic carbocycles. The van der Waals surface area contributed by atoms with Crippen LogP contribution in [0.3, 0.4) is 0 Å². The second-order valence-corrected chi connectivity index (χ2v) is 4.99. The zero-order valence-electron chi connectivity index (χ0n) is 10.6. The van der Waals surface area contributed by atoms with Gasteiger partial charge in [-0.25, -0.2) is 4.39 Å². The summed E-state index contributed by atoms with van der Waals surface area (Å²) >= 11 is 1.35. The summed E-state index contributed by atoms with van der Waals surface area (Å²) in [5.41, 5.74) is -6.95. The summed E-state index contributed by atoms with van der Waals surface area (Å²) in [6.07, 6.45) is -6.01. The molecule has 1 N–H and O–H groups in total. The molecule has 0 heterocycles. The van der Waals surface area contributed by atoms with Gasteiger partial charge in [-0.2, -0.15) is 30.7 Å². The number of hydrogen-bond donors (Lipinski definition) is 1. The van der Waals surface area contributed by atoms with Crippen LogP contribution in [0.15, 0.2) is 18.2 Å². The Bertz CT molecular complexity index is 514. The van der Waals surface area contributed by atoms with Gasteiger partial charge in [-0.3, -0.25) is 0 Å². The Morgan fingerprint density at radius 3 is 2.00 bits per heavy atom. The standard InChI is InChI=1S/C11H8BrF8NO/c1-21-6-3-2-5(4-7(6)22-8(13)14)9(15,10(12,16)17)11(18,19)20/h2-4,8,21H,1H3. The van der Waals surface area contributed by atoms with Gasteiger partial charge in [0.25, 0.3) is 0 Å². The Morgan fingerprint density at radius 1 is 1.09 bits per heavy atom. The van der Waals surface area contributed by atoms with E-state index >= 15 is 0 Å². The van der Waals surface area contributed by atoms with Crippen LogP contribution in [0.1, 0.15) is 5.56 Å². The lowest BCUT2D eigenvalue weighted by molar-refractivity contribution is -0.282. The number of halogens is 9. The summed E-state index contributed by atoms with van der Waals surface area (Å²) in [7, 11) is 1.22. The number of nitrogens with one attached hydrogen (secondary N) is 1. The van der Waals surface area contributed by atoms with E-state index in [1.54, 1.807) is 0 Å². The summed E-state index contributed by atoms with van der Waals surface area (Å²) in [5.74, 6) is -0.905. The van der Waals surface area contributed by atoms with Crippen LogP contribution in [0.5, 0.6) is 5.75 Å². The first kappa shape index (κ1) is 18.8. The Balaban J connectivity index is 3.52. The molecule has 1 rings (SSSR count). The third-order valence-corrected chi connectivity index (χ3v) is 3.19. The molecule has 0 aliphatic rings. The van der Waals surface area contributed by atoms with Crippen LogP contribution in [0.2, 0.25) is 0 Å². The summed E-state index contributed by atoms with van der Waals surface area (Å²) in [6.45, 7) is -3.44. The van der Waals surface area contributed by atoms with E-state index < -0.39 is 34.6 Å². The van der Waals surface area contributed by atoms with E-state index in [0.29, 0.717) is 12.1 Å². The maximum Gasteiger partial charge on any atom is 0.433 e. The van der Waals surface area contributed by atoms with Gasteiger partial charge in [-0.15, -0.1) is 0 Å². The number of benzene rings is 1. The normalized spacial score (nSPS) is 15.6. The van der Waals surface area contributed by atoms with E-state index in [4.69, 9.17) is 0 Å². The molecule has 0 saturated carbocycles.